The standard InChI is InChI=1S/C10H12O/c11-10-6-5-8-3-1-2-4-9(8)7-10/h5-7,11H,1-4H2/i1D2,2D2,3D2,4D2,5D,6D,7D. The Kier molecular flexibility index (Phi) is 0.393. The lowest BCUT2D eigenvalue weighted by Gasteiger charge is -2.14. The molecule has 0 amide bonds. The number of phenols is 1. The molecule has 0 fully saturated rings. The largest absolute Gasteiger partial charge is 0.508 e. The summed E-state index contributed by atoms with van der Waals surface area (Å²) >= 11 is 0. The van der Waals surface area contributed by atoms with Gasteiger partial charge in [0.05, 0.1) is 4.11 Å². The maximum atomic E-state index is 9.65. The van der Waals surface area contributed by atoms with Gasteiger partial charge in [0.2, 0.25) is 0 Å². The zero-order chi connectivity index (χ0) is 17.5. The SMILES string of the molecule is [2H]c1c([2H])c2c(c([2H])c1O)C([2H])([2H])C([2H])([2H])C([2H])([2H])C2([2H])[2H]. The van der Waals surface area contributed by atoms with Crippen LogP contribution in [0.2, 0.25) is 0 Å². The van der Waals surface area contributed by atoms with E-state index in [2.05, 4.69) is 0 Å². The van der Waals surface area contributed by atoms with Crippen molar-refractivity contribution in [1.82, 2.24) is 0 Å². The van der Waals surface area contributed by atoms with E-state index < -0.39 is 60.5 Å². The van der Waals surface area contributed by atoms with E-state index in [0.29, 0.717) is 0 Å². The van der Waals surface area contributed by atoms with Crippen LogP contribution in [0, 0.1) is 0 Å². The summed E-state index contributed by atoms with van der Waals surface area (Å²) in [5.74, 6) is -1.07. The van der Waals surface area contributed by atoms with Gasteiger partial charge in [0.15, 0.2) is 0 Å². The van der Waals surface area contributed by atoms with Gasteiger partial charge in [-0.1, -0.05) is 6.04 Å². The molecule has 1 N–H and O–H groups in total. The van der Waals surface area contributed by atoms with Crippen molar-refractivity contribution in [3.05, 3.63) is 29.3 Å². The highest BCUT2D eigenvalue weighted by Crippen LogP contribution is 2.24. The summed E-state index contributed by atoms with van der Waals surface area (Å²) in [5.41, 5.74) is -1.85. The van der Waals surface area contributed by atoms with Gasteiger partial charge in [-0.15, -0.1) is 0 Å². The first-order valence-electron chi connectivity index (χ1n) is 8.47. The van der Waals surface area contributed by atoms with Crippen molar-refractivity contribution in [2.24, 2.45) is 0 Å². The van der Waals surface area contributed by atoms with Crippen LogP contribution in [-0.2, 0) is 12.7 Å². The van der Waals surface area contributed by atoms with E-state index in [1.165, 1.54) is 0 Å². The number of hydrogen-bond acceptors (Lipinski definition) is 1. The van der Waals surface area contributed by atoms with Crippen LogP contribution in [0.1, 0.15) is 39.0 Å². The Morgan fingerprint density at radius 1 is 1.27 bits per heavy atom. The molecule has 0 radical (unpaired) electrons. The van der Waals surface area contributed by atoms with Crippen LogP contribution in [0.4, 0.5) is 0 Å². The summed E-state index contributed by atoms with van der Waals surface area (Å²) in [6.07, 6.45) is -13.1. The second-order valence-electron chi connectivity index (χ2n) is 1.97. The molecule has 0 bridgehead atoms. The van der Waals surface area contributed by atoms with E-state index in [0.717, 1.165) is 0 Å². The van der Waals surface area contributed by atoms with Gasteiger partial charge in [0.1, 0.15) is 5.75 Å². The fourth-order valence-corrected chi connectivity index (χ4v) is 0.771. The van der Waals surface area contributed by atoms with Crippen molar-refractivity contribution < 1.29 is 20.2 Å². The second kappa shape index (κ2) is 2.57. The van der Waals surface area contributed by atoms with E-state index >= 15 is 0 Å². The zero-order valence-electron chi connectivity index (χ0n) is 16.4. The van der Waals surface area contributed by atoms with Gasteiger partial charge in [-0.25, -0.2) is 0 Å². The summed E-state index contributed by atoms with van der Waals surface area (Å²) in [6, 6.07) is -2.90. The Hall–Kier alpha value is -0.980. The summed E-state index contributed by atoms with van der Waals surface area (Å²) in [4.78, 5) is 0. The van der Waals surface area contributed by atoms with Crippen LogP contribution >= 0.6 is 0 Å². The van der Waals surface area contributed by atoms with E-state index in [1.54, 1.807) is 0 Å². The van der Waals surface area contributed by atoms with Gasteiger partial charge >= 0.3 is 0 Å². The maximum absolute atomic E-state index is 9.65. The van der Waals surface area contributed by atoms with Crippen molar-refractivity contribution in [2.75, 3.05) is 0 Å². The van der Waals surface area contributed by atoms with Crippen LogP contribution in [0.25, 0.3) is 0 Å². The molecule has 1 heteroatoms. The van der Waals surface area contributed by atoms with E-state index in [1.807, 2.05) is 0 Å². The van der Waals surface area contributed by atoms with Crippen molar-refractivity contribution >= 4 is 0 Å². The Balaban J connectivity index is 3.11. The van der Waals surface area contributed by atoms with Crippen LogP contribution < -0.4 is 0 Å². The molecule has 11 heavy (non-hydrogen) atoms. The Bertz CT molecular complexity index is 607. The number of rotatable bonds is 0. The second-order valence-corrected chi connectivity index (χ2v) is 1.97. The lowest BCUT2D eigenvalue weighted by atomic mass is 9.92. The predicted molar refractivity (Wildman–Crippen MR) is 44.7 cm³/mol. The first-order valence-corrected chi connectivity index (χ1v) is 2.97. The summed E-state index contributed by atoms with van der Waals surface area (Å²) in [6.45, 7) is 0. The molecule has 1 nitrogen and oxygen atoms in total. The fraction of sp³-hybridized carbons (Fsp3) is 0.400. The molecule has 0 aliphatic heterocycles. The topological polar surface area (TPSA) is 20.2 Å². The zero-order valence-corrected chi connectivity index (χ0v) is 5.45. The number of benzene rings is 1. The van der Waals surface area contributed by atoms with E-state index in [9.17, 15) is 5.11 Å². The highest BCUT2D eigenvalue weighted by Gasteiger charge is 2.08. The molecule has 2 rings (SSSR count). The molecule has 1 aromatic rings. The average Bonchev–Trinajstić information content (AvgIpc) is 2.37. The monoisotopic (exact) mass is 159 g/mol. The Morgan fingerprint density at radius 3 is 2.82 bits per heavy atom. The first kappa shape index (κ1) is 1.68. The minimum Gasteiger partial charge on any atom is -0.508 e. The predicted octanol–water partition coefficient (Wildman–Crippen LogP) is 2.27. The molecule has 0 heterocycles. The quantitative estimate of drug-likeness (QED) is 0.615. The Labute approximate surface area is 82.1 Å². The molecule has 58 valence electrons. The normalized spacial score (nSPS) is 48.9. The number of hydrogen-bond donors (Lipinski definition) is 1. The fourth-order valence-electron chi connectivity index (χ4n) is 0.771. The van der Waals surface area contributed by atoms with Crippen LogP contribution in [0.15, 0.2) is 18.1 Å². The van der Waals surface area contributed by atoms with Gasteiger partial charge < -0.3 is 5.11 Å². The molecule has 1 aromatic carbocycles. The molecular weight excluding hydrogens is 136 g/mol. The van der Waals surface area contributed by atoms with Gasteiger partial charge in [0.25, 0.3) is 0 Å². The molecule has 0 saturated carbocycles. The third-order valence-electron chi connectivity index (χ3n) is 1.24. The van der Waals surface area contributed by atoms with Crippen molar-refractivity contribution in [2.45, 2.75) is 25.5 Å². The summed E-state index contributed by atoms with van der Waals surface area (Å²) in [5, 5.41) is 9.65. The van der Waals surface area contributed by atoms with Crippen LogP contribution in [0.5, 0.6) is 5.75 Å². The molecular formula is C10H12O. The molecule has 1 aliphatic carbocycles. The minimum atomic E-state index is -3.37. The van der Waals surface area contributed by atoms with Crippen molar-refractivity contribution in [3.8, 4) is 5.75 Å². The van der Waals surface area contributed by atoms with Gasteiger partial charge in [0, 0.05) is 11.0 Å². The minimum absolute atomic E-state index is 0.912. The van der Waals surface area contributed by atoms with Crippen LogP contribution in [-0.4, -0.2) is 5.11 Å². The van der Waals surface area contributed by atoms with Gasteiger partial charge in [-0.2, -0.15) is 0 Å². The average molecular weight is 159 g/mol. The van der Waals surface area contributed by atoms with E-state index in [-0.39, 0.29) is 0 Å². The van der Waals surface area contributed by atoms with E-state index in [4.69, 9.17) is 15.1 Å². The molecule has 0 unspecified atom stereocenters. The van der Waals surface area contributed by atoms with Crippen LogP contribution in [0.3, 0.4) is 0 Å². The molecule has 0 aromatic heterocycles. The van der Waals surface area contributed by atoms with Gasteiger partial charge in [-0.3, -0.25) is 0 Å². The molecule has 1 aliphatic rings. The number of fused-ring (bicyclic) bond motifs is 1. The highest BCUT2D eigenvalue weighted by atomic mass is 16.3. The lowest BCUT2D eigenvalue weighted by molar-refractivity contribution is 0.473. The summed E-state index contributed by atoms with van der Waals surface area (Å²) < 4.78 is 85.2. The molecule has 0 spiro atoms. The lowest BCUT2D eigenvalue weighted by Crippen LogP contribution is -2.01. The Morgan fingerprint density at radius 2 is 2.00 bits per heavy atom. The van der Waals surface area contributed by atoms with Gasteiger partial charge in [-0.05, 0) is 48.7 Å². The molecule has 0 saturated heterocycles. The molecule has 0 atom stereocenters. The maximum Gasteiger partial charge on any atom is 0.115 e. The van der Waals surface area contributed by atoms with Crippen molar-refractivity contribution in [3.63, 3.8) is 0 Å². The number of phenolic OH excluding ortho intramolecular Hbond substituents is 1. The summed E-state index contributed by atoms with van der Waals surface area (Å²) in [7, 11) is 0. The smallest absolute Gasteiger partial charge is 0.115 e. The third kappa shape index (κ3) is 1.23. The highest BCUT2D eigenvalue weighted by molar-refractivity contribution is 5.36. The van der Waals surface area contributed by atoms with Crippen molar-refractivity contribution in [1.29, 1.82) is 0 Å². The number of aromatic hydroxyl groups is 1. The first-order chi connectivity index (χ1) is 9.64. The third-order valence-corrected chi connectivity index (χ3v) is 1.24.